The van der Waals surface area contributed by atoms with Crippen molar-refractivity contribution in [3.8, 4) is 0 Å². The van der Waals surface area contributed by atoms with Gasteiger partial charge in [0, 0.05) is 25.7 Å². The molecule has 1 aliphatic carbocycles. The summed E-state index contributed by atoms with van der Waals surface area (Å²) in [7, 11) is 0. The van der Waals surface area contributed by atoms with Crippen molar-refractivity contribution in [2.45, 2.75) is 25.7 Å². The lowest BCUT2D eigenvalue weighted by Gasteiger charge is -1.95. The fraction of sp³-hybridized carbons (Fsp3) is 0.400. The third kappa shape index (κ3) is 3.28. The van der Waals surface area contributed by atoms with E-state index in [2.05, 4.69) is 0 Å². The minimum Gasteiger partial charge on any atom is -0.299 e. The highest BCUT2D eigenvalue weighted by molar-refractivity contribution is 5.84. The van der Waals surface area contributed by atoms with Gasteiger partial charge in [-0.25, -0.2) is 0 Å². The summed E-state index contributed by atoms with van der Waals surface area (Å²) in [6.45, 7) is 0. The van der Waals surface area contributed by atoms with Crippen molar-refractivity contribution in [1.82, 2.24) is 0 Å². The van der Waals surface area contributed by atoms with Crippen LogP contribution < -0.4 is 0 Å². The first-order valence-electron chi connectivity index (χ1n) is 4.12. The fourth-order valence-electron chi connectivity index (χ4n) is 1.03. The van der Waals surface area contributed by atoms with Gasteiger partial charge in [-0.15, -0.1) is 0 Å². The van der Waals surface area contributed by atoms with Gasteiger partial charge in [0.05, 0.1) is 0 Å². The Morgan fingerprint density at radius 3 is 1.17 bits per heavy atom. The zero-order valence-corrected chi connectivity index (χ0v) is 6.95. The molecule has 2 nitrogen and oxygen atoms in total. The smallest absolute Gasteiger partial charge is 0.140 e. The summed E-state index contributed by atoms with van der Waals surface area (Å²) in [5.74, 6) is 0.411. The van der Waals surface area contributed by atoms with Gasteiger partial charge in [0.1, 0.15) is 11.6 Å². The zero-order chi connectivity index (χ0) is 8.81. The summed E-state index contributed by atoms with van der Waals surface area (Å²) in [5, 5.41) is 0. The molecule has 0 spiro atoms. The van der Waals surface area contributed by atoms with Crippen LogP contribution in [-0.4, -0.2) is 11.6 Å². The van der Waals surface area contributed by atoms with Crippen molar-refractivity contribution in [3.63, 3.8) is 0 Å². The summed E-state index contributed by atoms with van der Waals surface area (Å²) >= 11 is 0. The number of allylic oxidation sites excluding steroid dienone is 4. The van der Waals surface area contributed by atoms with Crippen LogP contribution in [-0.2, 0) is 9.59 Å². The first-order valence-corrected chi connectivity index (χ1v) is 4.12. The van der Waals surface area contributed by atoms with E-state index in [9.17, 15) is 9.59 Å². The molecule has 0 amide bonds. The van der Waals surface area contributed by atoms with E-state index in [1.807, 2.05) is 0 Å². The molecule has 1 rings (SSSR count). The molecule has 0 atom stereocenters. The van der Waals surface area contributed by atoms with Crippen LogP contribution in [0.3, 0.4) is 0 Å². The van der Waals surface area contributed by atoms with Crippen LogP contribution in [0.5, 0.6) is 0 Å². The van der Waals surface area contributed by atoms with Gasteiger partial charge in [-0.2, -0.15) is 0 Å². The minimum absolute atomic E-state index is 0.205. The van der Waals surface area contributed by atoms with Crippen LogP contribution >= 0.6 is 0 Å². The van der Waals surface area contributed by atoms with Crippen LogP contribution in [0.2, 0.25) is 0 Å². The molecule has 0 radical (unpaired) electrons. The lowest BCUT2D eigenvalue weighted by molar-refractivity contribution is -0.118. The molecule has 0 N–H and O–H groups in total. The maximum absolute atomic E-state index is 11.0. The Balaban J connectivity index is 2.54. The van der Waals surface area contributed by atoms with Gasteiger partial charge in [0.15, 0.2) is 0 Å². The van der Waals surface area contributed by atoms with E-state index in [1.165, 1.54) is 0 Å². The summed E-state index contributed by atoms with van der Waals surface area (Å²) < 4.78 is 0. The minimum atomic E-state index is 0.205. The van der Waals surface area contributed by atoms with Gasteiger partial charge in [0.2, 0.25) is 0 Å². The number of carbonyl (C=O) groups is 2. The average molecular weight is 164 g/mol. The second kappa shape index (κ2) is 4.65. The summed E-state index contributed by atoms with van der Waals surface area (Å²) in [5.41, 5.74) is 0. The van der Waals surface area contributed by atoms with Crippen LogP contribution in [0, 0.1) is 0 Å². The molecule has 2 heteroatoms. The Labute approximate surface area is 72.0 Å². The standard InChI is InChI=1S/C10H12O2/c11-9-5-1-2-6-10(12)8-4-3-7-9/h1-4H,5-8H2/b2-1+,4-3+. The Bertz CT molecular complexity index is 190. The van der Waals surface area contributed by atoms with E-state index in [0.29, 0.717) is 25.7 Å². The van der Waals surface area contributed by atoms with Crippen LogP contribution in [0.25, 0.3) is 0 Å². The fourth-order valence-corrected chi connectivity index (χ4v) is 1.03. The number of ketones is 2. The van der Waals surface area contributed by atoms with Crippen molar-refractivity contribution in [3.05, 3.63) is 24.3 Å². The van der Waals surface area contributed by atoms with E-state index in [-0.39, 0.29) is 11.6 Å². The highest BCUT2D eigenvalue weighted by Crippen LogP contribution is 2.01. The number of hydrogen-bond acceptors (Lipinski definition) is 2. The normalized spacial score (nSPS) is 25.0. The third-order valence-corrected chi connectivity index (χ3v) is 1.72. The van der Waals surface area contributed by atoms with Crippen molar-refractivity contribution in [1.29, 1.82) is 0 Å². The van der Waals surface area contributed by atoms with Crippen molar-refractivity contribution >= 4 is 11.6 Å². The second-order valence-electron chi connectivity index (χ2n) is 2.84. The quantitative estimate of drug-likeness (QED) is 0.512. The molecule has 0 saturated carbocycles. The maximum atomic E-state index is 11.0. The van der Waals surface area contributed by atoms with Crippen molar-refractivity contribution in [2.75, 3.05) is 0 Å². The van der Waals surface area contributed by atoms with Crippen LogP contribution in [0.4, 0.5) is 0 Å². The van der Waals surface area contributed by atoms with Crippen molar-refractivity contribution in [2.24, 2.45) is 0 Å². The molecule has 1 aliphatic rings. The first kappa shape index (κ1) is 8.91. The number of Topliss-reactive ketones (excluding diaryl/α,β-unsaturated/α-hetero) is 2. The molecule has 0 aliphatic heterocycles. The molecule has 64 valence electrons. The Morgan fingerprint density at radius 2 is 0.917 bits per heavy atom. The summed E-state index contributed by atoms with van der Waals surface area (Å²) in [6, 6.07) is 0. The molecule has 0 aromatic carbocycles. The van der Waals surface area contributed by atoms with E-state index in [1.54, 1.807) is 24.3 Å². The van der Waals surface area contributed by atoms with Crippen LogP contribution in [0.15, 0.2) is 24.3 Å². The third-order valence-electron chi connectivity index (χ3n) is 1.72. The molecule has 0 unspecified atom stereocenters. The predicted molar refractivity (Wildman–Crippen MR) is 46.8 cm³/mol. The van der Waals surface area contributed by atoms with Gasteiger partial charge < -0.3 is 0 Å². The number of rotatable bonds is 0. The van der Waals surface area contributed by atoms with Gasteiger partial charge in [0.25, 0.3) is 0 Å². The summed E-state index contributed by atoms with van der Waals surface area (Å²) in [6.07, 6.45) is 8.93. The van der Waals surface area contributed by atoms with E-state index < -0.39 is 0 Å². The van der Waals surface area contributed by atoms with E-state index in [4.69, 9.17) is 0 Å². The van der Waals surface area contributed by atoms with Crippen LogP contribution in [0.1, 0.15) is 25.7 Å². The Morgan fingerprint density at radius 1 is 0.667 bits per heavy atom. The Kier molecular flexibility index (Phi) is 3.45. The molecule has 12 heavy (non-hydrogen) atoms. The first-order chi connectivity index (χ1) is 5.79. The average Bonchev–Trinajstić information content (AvgIpc) is 2.06. The summed E-state index contributed by atoms with van der Waals surface area (Å²) in [4.78, 5) is 22.0. The molecular weight excluding hydrogens is 152 g/mol. The van der Waals surface area contributed by atoms with E-state index in [0.717, 1.165) is 0 Å². The van der Waals surface area contributed by atoms with Gasteiger partial charge in [-0.05, 0) is 0 Å². The second-order valence-corrected chi connectivity index (χ2v) is 2.84. The molecule has 0 bridgehead atoms. The highest BCUT2D eigenvalue weighted by Gasteiger charge is 2.00. The predicted octanol–water partition coefficient (Wildman–Crippen LogP) is 1.81. The molecule has 0 fully saturated rings. The highest BCUT2D eigenvalue weighted by atomic mass is 16.1. The lowest BCUT2D eigenvalue weighted by atomic mass is 10.1. The van der Waals surface area contributed by atoms with Crippen molar-refractivity contribution < 1.29 is 9.59 Å². The van der Waals surface area contributed by atoms with Gasteiger partial charge in [-0.1, -0.05) is 24.3 Å². The topological polar surface area (TPSA) is 34.1 Å². The number of hydrogen-bond donors (Lipinski definition) is 0. The molecule has 0 aromatic rings. The molecular formula is C10H12O2. The molecule has 0 saturated heterocycles. The Hall–Kier alpha value is -1.18. The monoisotopic (exact) mass is 164 g/mol. The lowest BCUT2D eigenvalue weighted by Crippen LogP contribution is -1.97. The van der Waals surface area contributed by atoms with Gasteiger partial charge in [-0.3, -0.25) is 9.59 Å². The SMILES string of the molecule is O=C1C/C=C/CC(=O)C/C=C/C1. The zero-order valence-electron chi connectivity index (χ0n) is 6.95. The molecule has 0 heterocycles. The number of carbonyl (C=O) groups excluding carboxylic acids is 2. The maximum Gasteiger partial charge on any atom is 0.140 e. The van der Waals surface area contributed by atoms with E-state index >= 15 is 0 Å². The largest absolute Gasteiger partial charge is 0.299 e. The molecule has 0 aromatic heterocycles. The van der Waals surface area contributed by atoms with Gasteiger partial charge >= 0.3 is 0 Å².